The minimum atomic E-state index is -0.765. The highest BCUT2D eigenvalue weighted by Gasteiger charge is 2.17. The van der Waals surface area contributed by atoms with Crippen molar-refractivity contribution in [3.05, 3.63) is 77.9 Å². The molecule has 4 aromatic rings. The SMILES string of the molecule is OCCOc1ccc(F)c(Cc2c[nH]c3ncc(-c4cccnc4)cc23)c1F. The number of halogens is 2. The van der Waals surface area contributed by atoms with Crippen molar-refractivity contribution in [1.82, 2.24) is 15.0 Å². The molecule has 0 amide bonds. The van der Waals surface area contributed by atoms with Gasteiger partial charge in [-0.2, -0.15) is 0 Å². The standard InChI is InChI=1S/C21H17F2N3O2/c22-18-3-4-19(28-7-6-27)20(23)17(18)9-15-12-26-21-16(15)8-14(11-25-21)13-2-1-5-24-10-13/h1-5,8,10-12,27H,6-7,9H2,(H,25,26). The predicted molar refractivity (Wildman–Crippen MR) is 101 cm³/mol. The van der Waals surface area contributed by atoms with E-state index in [1.807, 2.05) is 18.2 Å². The van der Waals surface area contributed by atoms with Crippen molar-refractivity contribution in [2.45, 2.75) is 6.42 Å². The maximum atomic E-state index is 14.7. The Labute approximate surface area is 159 Å². The zero-order chi connectivity index (χ0) is 19.5. The van der Waals surface area contributed by atoms with E-state index in [0.717, 1.165) is 16.5 Å². The van der Waals surface area contributed by atoms with E-state index in [4.69, 9.17) is 9.84 Å². The molecule has 0 unspecified atom stereocenters. The fraction of sp³-hybridized carbons (Fsp3) is 0.143. The molecule has 0 aliphatic rings. The van der Waals surface area contributed by atoms with Gasteiger partial charge in [-0.25, -0.2) is 13.8 Å². The quantitative estimate of drug-likeness (QED) is 0.532. The van der Waals surface area contributed by atoms with Gasteiger partial charge in [0.2, 0.25) is 0 Å². The molecular weight excluding hydrogens is 364 g/mol. The number of nitrogens with one attached hydrogen (secondary N) is 1. The van der Waals surface area contributed by atoms with Crippen LogP contribution >= 0.6 is 0 Å². The van der Waals surface area contributed by atoms with Crippen LogP contribution in [0.3, 0.4) is 0 Å². The topological polar surface area (TPSA) is 71.0 Å². The predicted octanol–water partition coefficient (Wildman–Crippen LogP) is 3.87. The summed E-state index contributed by atoms with van der Waals surface area (Å²) in [5.74, 6) is -1.50. The number of rotatable bonds is 6. The molecule has 7 heteroatoms. The molecule has 0 fully saturated rings. The van der Waals surface area contributed by atoms with Gasteiger partial charge in [-0.1, -0.05) is 6.07 Å². The van der Waals surface area contributed by atoms with Crippen LogP contribution in [0.25, 0.3) is 22.2 Å². The van der Waals surface area contributed by atoms with E-state index >= 15 is 0 Å². The molecule has 0 saturated heterocycles. The fourth-order valence-corrected chi connectivity index (χ4v) is 3.09. The number of fused-ring (bicyclic) bond motifs is 1. The maximum absolute atomic E-state index is 14.7. The van der Waals surface area contributed by atoms with Crippen LogP contribution in [0.15, 0.2) is 55.1 Å². The third-order valence-electron chi connectivity index (χ3n) is 4.48. The molecule has 0 aliphatic heterocycles. The zero-order valence-corrected chi connectivity index (χ0v) is 14.8. The molecule has 3 heterocycles. The van der Waals surface area contributed by atoms with E-state index < -0.39 is 11.6 Å². The lowest BCUT2D eigenvalue weighted by Crippen LogP contribution is -2.06. The summed E-state index contributed by atoms with van der Waals surface area (Å²) in [5, 5.41) is 9.63. The average Bonchev–Trinajstić information content (AvgIpc) is 3.13. The summed E-state index contributed by atoms with van der Waals surface area (Å²) in [6, 6.07) is 8.07. The van der Waals surface area contributed by atoms with Crippen LogP contribution in [0.1, 0.15) is 11.1 Å². The Morgan fingerprint density at radius 2 is 2.00 bits per heavy atom. The molecule has 0 saturated carbocycles. The minimum absolute atomic E-state index is 0.0339. The zero-order valence-electron chi connectivity index (χ0n) is 14.8. The molecule has 4 rings (SSSR count). The van der Waals surface area contributed by atoms with Crippen molar-refractivity contribution in [3.63, 3.8) is 0 Å². The summed E-state index contributed by atoms with van der Waals surface area (Å²) in [7, 11) is 0. The summed E-state index contributed by atoms with van der Waals surface area (Å²) in [4.78, 5) is 11.5. The number of aliphatic hydroxyl groups excluding tert-OH is 1. The second-order valence-electron chi connectivity index (χ2n) is 6.26. The van der Waals surface area contributed by atoms with E-state index in [1.54, 1.807) is 24.8 Å². The molecular formula is C21H17F2N3O2. The molecule has 0 spiro atoms. The summed E-state index contributed by atoms with van der Waals surface area (Å²) in [6.07, 6.45) is 6.88. The summed E-state index contributed by atoms with van der Waals surface area (Å²) >= 11 is 0. The second kappa shape index (κ2) is 7.74. The van der Waals surface area contributed by atoms with Crippen LogP contribution in [0.2, 0.25) is 0 Å². The number of nitrogens with zero attached hydrogens (tertiary/aromatic N) is 2. The van der Waals surface area contributed by atoms with Gasteiger partial charge >= 0.3 is 0 Å². The molecule has 2 N–H and O–H groups in total. The first kappa shape index (κ1) is 18.1. The van der Waals surface area contributed by atoms with Gasteiger partial charge in [0.15, 0.2) is 11.6 Å². The van der Waals surface area contributed by atoms with Crippen LogP contribution in [-0.2, 0) is 6.42 Å². The van der Waals surface area contributed by atoms with Gasteiger partial charge < -0.3 is 14.8 Å². The lowest BCUT2D eigenvalue weighted by molar-refractivity contribution is 0.196. The van der Waals surface area contributed by atoms with Crippen molar-refractivity contribution in [1.29, 1.82) is 0 Å². The normalized spacial score (nSPS) is 11.1. The van der Waals surface area contributed by atoms with Gasteiger partial charge in [0.25, 0.3) is 0 Å². The number of ether oxygens (including phenoxy) is 1. The molecule has 1 aromatic carbocycles. The smallest absolute Gasteiger partial charge is 0.171 e. The average molecular weight is 381 g/mol. The maximum Gasteiger partial charge on any atom is 0.171 e. The fourth-order valence-electron chi connectivity index (χ4n) is 3.09. The second-order valence-corrected chi connectivity index (χ2v) is 6.26. The Hall–Kier alpha value is -3.32. The van der Waals surface area contributed by atoms with E-state index in [9.17, 15) is 8.78 Å². The largest absolute Gasteiger partial charge is 0.488 e. The van der Waals surface area contributed by atoms with Crippen molar-refractivity contribution in [2.75, 3.05) is 13.2 Å². The molecule has 0 radical (unpaired) electrons. The van der Waals surface area contributed by atoms with Gasteiger partial charge in [-0.15, -0.1) is 0 Å². The number of hydrogen-bond acceptors (Lipinski definition) is 4. The summed E-state index contributed by atoms with van der Waals surface area (Å²) in [6.45, 7) is -0.315. The van der Waals surface area contributed by atoms with E-state index in [-0.39, 0.29) is 30.9 Å². The van der Waals surface area contributed by atoms with Crippen LogP contribution < -0.4 is 4.74 Å². The Kier molecular flexibility index (Phi) is 4.99. The Bertz CT molecular complexity index is 1110. The van der Waals surface area contributed by atoms with Crippen molar-refractivity contribution < 1.29 is 18.6 Å². The Morgan fingerprint density at radius 1 is 1.11 bits per heavy atom. The molecule has 142 valence electrons. The van der Waals surface area contributed by atoms with E-state index in [0.29, 0.717) is 11.2 Å². The Balaban J connectivity index is 1.72. The van der Waals surface area contributed by atoms with Crippen molar-refractivity contribution in [2.24, 2.45) is 0 Å². The third kappa shape index (κ3) is 3.44. The minimum Gasteiger partial charge on any atom is -0.488 e. The van der Waals surface area contributed by atoms with E-state index in [2.05, 4.69) is 15.0 Å². The van der Waals surface area contributed by atoms with Crippen molar-refractivity contribution in [3.8, 4) is 16.9 Å². The van der Waals surface area contributed by atoms with Gasteiger partial charge in [0.1, 0.15) is 18.1 Å². The van der Waals surface area contributed by atoms with Crippen LogP contribution in [0, 0.1) is 11.6 Å². The van der Waals surface area contributed by atoms with Gasteiger partial charge in [-0.3, -0.25) is 4.98 Å². The molecule has 0 bridgehead atoms. The number of H-pyrrole nitrogens is 1. The number of aromatic nitrogens is 3. The highest BCUT2D eigenvalue weighted by atomic mass is 19.1. The molecule has 28 heavy (non-hydrogen) atoms. The molecule has 5 nitrogen and oxygen atoms in total. The molecule has 0 aliphatic carbocycles. The van der Waals surface area contributed by atoms with Crippen molar-refractivity contribution >= 4 is 11.0 Å². The summed E-state index contributed by atoms with van der Waals surface area (Å²) in [5.41, 5.74) is 3.02. The first-order chi connectivity index (χ1) is 13.7. The molecule has 3 aromatic heterocycles. The first-order valence-corrected chi connectivity index (χ1v) is 8.74. The Morgan fingerprint density at radius 3 is 2.79 bits per heavy atom. The van der Waals surface area contributed by atoms with Gasteiger partial charge in [0, 0.05) is 53.3 Å². The third-order valence-corrected chi connectivity index (χ3v) is 4.48. The van der Waals surface area contributed by atoms with Crippen LogP contribution in [0.4, 0.5) is 8.78 Å². The van der Waals surface area contributed by atoms with Crippen LogP contribution in [-0.4, -0.2) is 33.3 Å². The lowest BCUT2D eigenvalue weighted by atomic mass is 10.0. The number of benzene rings is 1. The number of aromatic amines is 1. The van der Waals surface area contributed by atoms with Gasteiger partial charge in [-0.05, 0) is 29.8 Å². The van der Waals surface area contributed by atoms with Gasteiger partial charge in [0.05, 0.1) is 6.61 Å². The van der Waals surface area contributed by atoms with E-state index in [1.165, 1.54) is 12.1 Å². The highest BCUT2D eigenvalue weighted by Crippen LogP contribution is 2.29. The highest BCUT2D eigenvalue weighted by molar-refractivity contribution is 5.84. The number of pyridine rings is 2. The number of hydrogen-bond donors (Lipinski definition) is 2. The van der Waals surface area contributed by atoms with Crippen LogP contribution in [0.5, 0.6) is 5.75 Å². The molecule has 0 atom stereocenters. The monoisotopic (exact) mass is 381 g/mol. The number of aliphatic hydroxyl groups is 1. The first-order valence-electron chi connectivity index (χ1n) is 8.74. The lowest BCUT2D eigenvalue weighted by Gasteiger charge is -2.10. The summed E-state index contributed by atoms with van der Waals surface area (Å²) < 4.78 is 34.2.